The number of rotatable bonds is 0. The zero-order valence-corrected chi connectivity index (χ0v) is 6.72. The molecule has 0 aromatic rings. The van der Waals surface area contributed by atoms with E-state index in [2.05, 4.69) is 19.1 Å². The number of nitrogens with two attached hydrogens (primary N) is 1. The molecule has 2 atom stereocenters. The second kappa shape index (κ2) is 3.77. The van der Waals surface area contributed by atoms with Crippen molar-refractivity contribution in [1.82, 2.24) is 0 Å². The summed E-state index contributed by atoms with van der Waals surface area (Å²) in [4.78, 5) is 0. The molecule has 2 N–H and O–H groups in total. The van der Waals surface area contributed by atoms with Crippen LogP contribution in [-0.4, -0.2) is 6.04 Å². The summed E-state index contributed by atoms with van der Waals surface area (Å²) in [6.07, 6.45) is 9.41. The highest BCUT2D eigenvalue weighted by atomic mass is 14.6. The normalized spacial score (nSPS) is 35.0. The van der Waals surface area contributed by atoms with E-state index in [-0.39, 0.29) is 0 Å². The first kappa shape index (κ1) is 7.80. The molecule has 0 aliphatic heterocycles. The Bertz CT molecular complexity index is 118. The predicted octanol–water partition coefficient (Wildman–Crippen LogP) is 2.08. The summed E-state index contributed by atoms with van der Waals surface area (Å²) in [7, 11) is 0. The highest BCUT2D eigenvalue weighted by Crippen LogP contribution is 2.16. The quantitative estimate of drug-likeness (QED) is 0.511. The van der Waals surface area contributed by atoms with Crippen molar-refractivity contribution in [3.8, 4) is 0 Å². The van der Waals surface area contributed by atoms with Gasteiger partial charge in [0.25, 0.3) is 0 Å². The van der Waals surface area contributed by atoms with E-state index in [0.717, 1.165) is 5.92 Å². The van der Waals surface area contributed by atoms with Gasteiger partial charge in [0.2, 0.25) is 0 Å². The second-order valence-electron chi connectivity index (χ2n) is 3.36. The van der Waals surface area contributed by atoms with E-state index in [9.17, 15) is 0 Å². The Morgan fingerprint density at radius 1 is 1.40 bits per heavy atom. The van der Waals surface area contributed by atoms with Crippen LogP contribution in [0.15, 0.2) is 12.2 Å². The van der Waals surface area contributed by atoms with Crippen LogP contribution in [-0.2, 0) is 0 Å². The SMILES string of the molecule is CC1CC=CC(N)CCC1. The average molecular weight is 139 g/mol. The summed E-state index contributed by atoms with van der Waals surface area (Å²) in [5.41, 5.74) is 5.76. The van der Waals surface area contributed by atoms with Gasteiger partial charge in [0.15, 0.2) is 0 Å². The van der Waals surface area contributed by atoms with Crippen LogP contribution in [0.3, 0.4) is 0 Å². The van der Waals surface area contributed by atoms with Crippen LogP contribution >= 0.6 is 0 Å². The lowest BCUT2D eigenvalue weighted by Crippen LogP contribution is -2.18. The molecule has 1 nitrogen and oxygen atoms in total. The van der Waals surface area contributed by atoms with E-state index < -0.39 is 0 Å². The maximum atomic E-state index is 5.76. The van der Waals surface area contributed by atoms with E-state index in [1.807, 2.05) is 0 Å². The van der Waals surface area contributed by atoms with Crippen LogP contribution < -0.4 is 5.73 Å². The monoisotopic (exact) mass is 139 g/mol. The summed E-state index contributed by atoms with van der Waals surface area (Å²) in [5, 5.41) is 0. The number of hydrogen-bond acceptors (Lipinski definition) is 1. The lowest BCUT2D eigenvalue weighted by Gasteiger charge is -2.14. The summed E-state index contributed by atoms with van der Waals surface area (Å²) in [5.74, 6) is 0.865. The van der Waals surface area contributed by atoms with E-state index in [0.29, 0.717) is 6.04 Å². The fraction of sp³-hybridized carbons (Fsp3) is 0.778. The van der Waals surface area contributed by atoms with Gasteiger partial charge < -0.3 is 5.73 Å². The first-order valence-corrected chi connectivity index (χ1v) is 4.21. The lowest BCUT2D eigenvalue weighted by molar-refractivity contribution is 0.480. The Hall–Kier alpha value is -0.300. The Morgan fingerprint density at radius 2 is 2.20 bits per heavy atom. The van der Waals surface area contributed by atoms with Gasteiger partial charge in [0.05, 0.1) is 0 Å². The van der Waals surface area contributed by atoms with Gasteiger partial charge in [-0.15, -0.1) is 0 Å². The smallest absolute Gasteiger partial charge is 0.0223 e. The molecule has 1 rings (SSSR count). The van der Waals surface area contributed by atoms with Crippen LogP contribution in [0.2, 0.25) is 0 Å². The zero-order valence-electron chi connectivity index (χ0n) is 6.72. The van der Waals surface area contributed by atoms with Gasteiger partial charge in [-0.3, -0.25) is 0 Å². The maximum Gasteiger partial charge on any atom is 0.0223 e. The molecule has 1 heteroatoms. The minimum Gasteiger partial charge on any atom is -0.324 e. The molecule has 2 unspecified atom stereocenters. The van der Waals surface area contributed by atoms with Crippen LogP contribution in [0.1, 0.15) is 32.6 Å². The molecule has 10 heavy (non-hydrogen) atoms. The van der Waals surface area contributed by atoms with E-state index in [1.165, 1.54) is 25.7 Å². The molecule has 58 valence electrons. The molecule has 0 saturated heterocycles. The highest BCUT2D eigenvalue weighted by molar-refractivity contribution is 4.93. The number of hydrogen-bond donors (Lipinski definition) is 1. The molecule has 0 heterocycles. The molecule has 0 saturated carbocycles. The summed E-state index contributed by atoms with van der Waals surface area (Å²) in [6.45, 7) is 2.31. The van der Waals surface area contributed by atoms with Crippen LogP contribution in [0.5, 0.6) is 0 Å². The van der Waals surface area contributed by atoms with Gasteiger partial charge >= 0.3 is 0 Å². The first-order valence-electron chi connectivity index (χ1n) is 4.21. The van der Waals surface area contributed by atoms with E-state index in [4.69, 9.17) is 5.73 Å². The molecule has 1 aliphatic rings. The average Bonchev–Trinajstić information content (AvgIpc) is 1.84. The Kier molecular flexibility index (Phi) is 2.94. The topological polar surface area (TPSA) is 26.0 Å². The summed E-state index contributed by atoms with van der Waals surface area (Å²) < 4.78 is 0. The van der Waals surface area contributed by atoms with Crippen LogP contribution in [0.4, 0.5) is 0 Å². The summed E-state index contributed by atoms with van der Waals surface area (Å²) in [6, 6.07) is 0.326. The molecule has 0 spiro atoms. The van der Waals surface area contributed by atoms with Crippen molar-refractivity contribution in [1.29, 1.82) is 0 Å². The minimum absolute atomic E-state index is 0.326. The molecule has 1 aliphatic carbocycles. The largest absolute Gasteiger partial charge is 0.324 e. The first-order chi connectivity index (χ1) is 4.79. The van der Waals surface area contributed by atoms with Crippen molar-refractivity contribution in [3.05, 3.63) is 12.2 Å². The van der Waals surface area contributed by atoms with Crippen molar-refractivity contribution in [2.75, 3.05) is 0 Å². The third kappa shape index (κ3) is 2.53. The summed E-state index contributed by atoms with van der Waals surface area (Å²) >= 11 is 0. The Labute approximate surface area is 63.3 Å². The standard InChI is InChI=1S/C9H17N/c1-8-4-2-6-9(10)7-3-5-8/h2,6,8-9H,3-5,7,10H2,1H3. The van der Waals surface area contributed by atoms with Crippen molar-refractivity contribution >= 4 is 0 Å². The predicted molar refractivity (Wildman–Crippen MR) is 44.7 cm³/mol. The van der Waals surface area contributed by atoms with E-state index >= 15 is 0 Å². The second-order valence-corrected chi connectivity index (χ2v) is 3.36. The van der Waals surface area contributed by atoms with Gasteiger partial charge in [0, 0.05) is 6.04 Å². The minimum atomic E-state index is 0.326. The number of allylic oxidation sites excluding steroid dienone is 1. The van der Waals surface area contributed by atoms with Gasteiger partial charge in [-0.1, -0.05) is 31.9 Å². The fourth-order valence-corrected chi connectivity index (χ4v) is 1.40. The lowest BCUT2D eigenvalue weighted by atomic mass is 9.95. The molecule has 0 aromatic carbocycles. The third-order valence-electron chi connectivity index (χ3n) is 2.16. The van der Waals surface area contributed by atoms with Crippen LogP contribution in [0.25, 0.3) is 0 Å². The van der Waals surface area contributed by atoms with Gasteiger partial charge in [-0.05, 0) is 18.8 Å². The third-order valence-corrected chi connectivity index (χ3v) is 2.16. The fourth-order valence-electron chi connectivity index (χ4n) is 1.40. The molecule has 0 amide bonds. The van der Waals surface area contributed by atoms with Gasteiger partial charge in [-0.2, -0.15) is 0 Å². The highest BCUT2D eigenvalue weighted by Gasteiger charge is 2.05. The maximum absolute atomic E-state index is 5.76. The molecule has 0 fully saturated rings. The molecular weight excluding hydrogens is 122 g/mol. The van der Waals surface area contributed by atoms with Crippen molar-refractivity contribution in [2.45, 2.75) is 38.6 Å². The molecule has 0 radical (unpaired) electrons. The van der Waals surface area contributed by atoms with Crippen LogP contribution in [0, 0.1) is 5.92 Å². The zero-order chi connectivity index (χ0) is 7.40. The Balaban J connectivity index is 2.38. The Morgan fingerprint density at radius 3 is 3.00 bits per heavy atom. The van der Waals surface area contributed by atoms with Gasteiger partial charge in [-0.25, -0.2) is 0 Å². The van der Waals surface area contributed by atoms with Crippen molar-refractivity contribution < 1.29 is 0 Å². The van der Waals surface area contributed by atoms with E-state index in [1.54, 1.807) is 0 Å². The molecule has 0 aromatic heterocycles. The molecular formula is C9H17N. The van der Waals surface area contributed by atoms with Crippen molar-refractivity contribution in [3.63, 3.8) is 0 Å². The van der Waals surface area contributed by atoms with Gasteiger partial charge in [0.1, 0.15) is 0 Å². The molecule has 0 bridgehead atoms. The van der Waals surface area contributed by atoms with Crippen molar-refractivity contribution in [2.24, 2.45) is 11.7 Å².